The molecule has 3 saturated carbocycles. The molecule has 3 aliphatic carbocycles. The largest absolute Gasteiger partial charge is 0.484 e. The van der Waals surface area contributed by atoms with Gasteiger partial charge < -0.3 is 19.6 Å². The van der Waals surface area contributed by atoms with E-state index in [1.165, 1.54) is 32.1 Å². The quantitative estimate of drug-likeness (QED) is 0.228. The number of ether oxygens (including phenoxy) is 2. The van der Waals surface area contributed by atoms with Crippen LogP contribution < -0.4 is 10.1 Å². The standard InChI is InChI=1S/C29H35N3O4/c30-20-25-6-1-2-7-27(25)32-29(33)21-35-26-14-10-22(11-15-26)5-3-16-31-36-18-4-17-34-28-19-23-8-12-24(28)13-9-23/h1-2,6-7,10-11,14-16,23-24,28H,3-5,8-9,12-13,17-19,21H2,(H,32,33). The van der Waals surface area contributed by atoms with E-state index < -0.39 is 0 Å². The Morgan fingerprint density at radius 1 is 1.08 bits per heavy atom. The molecule has 36 heavy (non-hydrogen) atoms. The molecule has 2 aromatic rings. The van der Waals surface area contributed by atoms with E-state index in [0.29, 0.717) is 29.7 Å². The second kappa shape index (κ2) is 13.6. The Morgan fingerprint density at radius 2 is 1.89 bits per heavy atom. The highest BCUT2D eigenvalue weighted by atomic mass is 16.6. The lowest BCUT2D eigenvalue weighted by Crippen LogP contribution is -2.37. The maximum Gasteiger partial charge on any atom is 0.262 e. The van der Waals surface area contributed by atoms with E-state index in [0.717, 1.165) is 43.3 Å². The number of hydrogen-bond acceptors (Lipinski definition) is 6. The molecule has 7 heteroatoms. The number of carbonyl (C=O) groups excluding carboxylic acids is 1. The molecule has 1 amide bonds. The number of oxime groups is 1. The van der Waals surface area contributed by atoms with E-state index >= 15 is 0 Å². The monoisotopic (exact) mass is 489 g/mol. The Bertz CT molecular complexity index is 1040. The maximum absolute atomic E-state index is 12.1. The number of nitrogens with one attached hydrogen (secondary N) is 1. The molecule has 190 valence electrons. The number of amides is 1. The summed E-state index contributed by atoms with van der Waals surface area (Å²) in [6.07, 6.45) is 11.5. The number of carbonyl (C=O) groups is 1. The second-order valence-corrected chi connectivity index (χ2v) is 9.58. The minimum absolute atomic E-state index is 0.129. The normalized spacial score (nSPS) is 20.7. The summed E-state index contributed by atoms with van der Waals surface area (Å²) in [5.41, 5.74) is 2.05. The fraction of sp³-hybridized carbons (Fsp3) is 0.483. The number of rotatable bonds is 13. The molecule has 0 aromatic heterocycles. The maximum atomic E-state index is 12.1. The zero-order valence-electron chi connectivity index (χ0n) is 20.7. The fourth-order valence-electron chi connectivity index (χ4n) is 5.05. The SMILES string of the molecule is N#Cc1ccccc1NC(=O)COc1ccc(CCC=NOCCCOC2CC3CCC2CC3)cc1. The number of benzene rings is 2. The number of aryl methyl sites for hydroxylation is 1. The lowest BCUT2D eigenvalue weighted by Gasteiger charge is -2.42. The van der Waals surface area contributed by atoms with Crippen LogP contribution in [0.25, 0.3) is 0 Å². The van der Waals surface area contributed by atoms with Gasteiger partial charge in [-0.25, -0.2) is 0 Å². The highest BCUT2D eigenvalue weighted by Crippen LogP contribution is 2.42. The summed E-state index contributed by atoms with van der Waals surface area (Å²) in [6, 6.07) is 16.6. The molecule has 0 heterocycles. The molecule has 5 rings (SSSR count). The predicted molar refractivity (Wildman–Crippen MR) is 139 cm³/mol. The van der Waals surface area contributed by atoms with Crippen molar-refractivity contribution in [2.75, 3.05) is 25.1 Å². The van der Waals surface area contributed by atoms with E-state index in [9.17, 15) is 4.79 Å². The van der Waals surface area contributed by atoms with Crippen molar-refractivity contribution >= 4 is 17.8 Å². The average Bonchev–Trinajstić information content (AvgIpc) is 2.92. The Labute approximate surface area is 213 Å². The van der Waals surface area contributed by atoms with E-state index in [1.54, 1.807) is 30.5 Å². The van der Waals surface area contributed by atoms with E-state index in [4.69, 9.17) is 19.6 Å². The van der Waals surface area contributed by atoms with E-state index in [2.05, 4.69) is 16.5 Å². The minimum atomic E-state index is -0.314. The first-order valence-electron chi connectivity index (χ1n) is 13.0. The molecule has 0 radical (unpaired) electrons. The van der Waals surface area contributed by atoms with Crippen LogP contribution in [-0.2, 0) is 20.8 Å². The minimum Gasteiger partial charge on any atom is -0.484 e. The van der Waals surface area contributed by atoms with Crippen LogP contribution in [0.2, 0.25) is 0 Å². The third-order valence-electron chi connectivity index (χ3n) is 7.02. The van der Waals surface area contributed by atoms with Gasteiger partial charge >= 0.3 is 0 Å². The van der Waals surface area contributed by atoms with Gasteiger partial charge in [0.15, 0.2) is 6.61 Å². The zero-order valence-corrected chi connectivity index (χ0v) is 20.7. The van der Waals surface area contributed by atoms with Crippen LogP contribution in [0.3, 0.4) is 0 Å². The lowest BCUT2D eigenvalue weighted by molar-refractivity contribution is -0.118. The fourth-order valence-corrected chi connectivity index (χ4v) is 5.05. The molecule has 3 aliphatic rings. The van der Waals surface area contributed by atoms with Gasteiger partial charge in [-0.1, -0.05) is 29.4 Å². The second-order valence-electron chi connectivity index (χ2n) is 9.58. The first-order valence-corrected chi connectivity index (χ1v) is 13.0. The topological polar surface area (TPSA) is 92.9 Å². The van der Waals surface area contributed by atoms with Crippen LogP contribution >= 0.6 is 0 Å². The van der Waals surface area contributed by atoms with Crippen molar-refractivity contribution in [2.24, 2.45) is 17.0 Å². The summed E-state index contributed by atoms with van der Waals surface area (Å²) in [7, 11) is 0. The Hall–Kier alpha value is -3.37. The molecule has 2 bridgehead atoms. The lowest BCUT2D eigenvalue weighted by atomic mass is 9.69. The molecule has 0 saturated heterocycles. The van der Waals surface area contributed by atoms with Crippen LogP contribution in [0.1, 0.15) is 56.1 Å². The Kier molecular flexibility index (Phi) is 9.75. The van der Waals surface area contributed by atoms with Crippen molar-refractivity contribution in [3.8, 4) is 11.8 Å². The molecule has 1 N–H and O–H groups in total. The molecule has 1 unspecified atom stereocenters. The van der Waals surface area contributed by atoms with Crippen molar-refractivity contribution in [1.29, 1.82) is 5.26 Å². The number of hydrogen-bond donors (Lipinski definition) is 1. The van der Waals surface area contributed by atoms with Gasteiger partial charge in [0.1, 0.15) is 18.4 Å². The highest BCUT2D eigenvalue weighted by molar-refractivity contribution is 5.93. The first kappa shape index (κ1) is 25.7. The van der Waals surface area contributed by atoms with Crippen molar-refractivity contribution in [1.82, 2.24) is 0 Å². The van der Waals surface area contributed by atoms with Crippen molar-refractivity contribution in [3.63, 3.8) is 0 Å². The number of nitrogens with zero attached hydrogens (tertiary/aromatic N) is 2. The molecule has 1 atom stereocenters. The van der Waals surface area contributed by atoms with Gasteiger partial charge in [-0.05, 0) is 86.6 Å². The van der Waals surface area contributed by atoms with Crippen molar-refractivity contribution in [3.05, 3.63) is 59.7 Å². The van der Waals surface area contributed by atoms with Gasteiger partial charge in [0.25, 0.3) is 5.91 Å². The van der Waals surface area contributed by atoms with Crippen LogP contribution in [0.5, 0.6) is 5.75 Å². The summed E-state index contributed by atoms with van der Waals surface area (Å²) in [5, 5.41) is 15.9. The molecule has 0 aliphatic heterocycles. The summed E-state index contributed by atoms with van der Waals surface area (Å²) in [6.45, 7) is 1.21. The third-order valence-corrected chi connectivity index (χ3v) is 7.02. The van der Waals surface area contributed by atoms with Crippen LogP contribution in [0, 0.1) is 23.2 Å². The summed E-state index contributed by atoms with van der Waals surface area (Å²) >= 11 is 0. The summed E-state index contributed by atoms with van der Waals surface area (Å²) in [4.78, 5) is 17.5. The Morgan fingerprint density at radius 3 is 2.64 bits per heavy atom. The zero-order chi connectivity index (χ0) is 25.0. The summed E-state index contributed by atoms with van der Waals surface area (Å²) in [5.74, 6) is 1.98. The van der Waals surface area contributed by atoms with Crippen molar-refractivity contribution in [2.45, 2.75) is 57.5 Å². The van der Waals surface area contributed by atoms with Gasteiger partial charge in [-0.15, -0.1) is 0 Å². The van der Waals surface area contributed by atoms with Crippen molar-refractivity contribution < 1.29 is 19.1 Å². The number of nitriles is 1. The van der Waals surface area contributed by atoms with E-state index in [-0.39, 0.29) is 12.5 Å². The van der Waals surface area contributed by atoms with Gasteiger partial charge in [0, 0.05) is 12.6 Å². The number of fused-ring (bicyclic) bond motifs is 3. The van der Waals surface area contributed by atoms with Crippen LogP contribution in [-0.4, -0.2) is 38.0 Å². The van der Waals surface area contributed by atoms with Crippen LogP contribution in [0.4, 0.5) is 5.69 Å². The van der Waals surface area contributed by atoms with Gasteiger partial charge in [0.05, 0.1) is 24.0 Å². The Balaban J connectivity index is 1.05. The number of anilines is 1. The highest BCUT2D eigenvalue weighted by Gasteiger charge is 2.35. The third kappa shape index (κ3) is 7.82. The molecule has 2 aromatic carbocycles. The summed E-state index contributed by atoms with van der Waals surface area (Å²) < 4.78 is 11.7. The molecule has 7 nitrogen and oxygen atoms in total. The predicted octanol–water partition coefficient (Wildman–Crippen LogP) is 5.50. The smallest absolute Gasteiger partial charge is 0.262 e. The van der Waals surface area contributed by atoms with Gasteiger partial charge in [-0.2, -0.15) is 5.26 Å². The molecule has 3 fully saturated rings. The molecular formula is C29H35N3O4. The van der Waals surface area contributed by atoms with Crippen LogP contribution in [0.15, 0.2) is 53.7 Å². The average molecular weight is 490 g/mol. The van der Waals surface area contributed by atoms with Gasteiger partial charge in [-0.3, -0.25) is 4.79 Å². The first-order chi connectivity index (χ1) is 17.7. The number of para-hydroxylation sites is 1. The molecular weight excluding hydrogens is 454 g/mol. The van der Waals surface area contributed by atoms with E-state index in [1.807, 2.05) is 24.3 Å². The van der Waals surface area contributed by atoms with Gasteiger partial charge in [0.2, 0.25) is 0 Å². The molecule has 0 spiro atoms.